The van der Waals surface area contributed by atoms with Gasteiger partial charge in [-0.05, 0) is 32.0 Å². The van der Waals surface area contributed by atoms with Gasteiger partial charge in [0, 0.05) is 63.4 Å². The number of hydrogen-bond donors (Lipinski definition) is 0. The summed E-state index contributed by atoms with van der Waals surface area (Å²) in [6.07, 6.45) is 3.21. The molecule has 0 N–H and O–H groups in total. The maximum Gasteiger partial charge on any atom is 0.254 e. The highest BCUT2D eigenvalue weighted by atomic mass is 16.2. The number of likely N-dealkylation sites (N-methyl/N-ethyl adjacent to an activating group) is 1. The fourth-order valence-corrected chi connectivity index (χ4v) is 4.66. The van der Waals surface area contributed by atoms with Gasteiger partial charge in [-0.25, -0.2) is 4.98 Å². The van der Waals surface area contributed by atoms with E-state index in [-0.39, 0.29) is 5.91 Å². The molecule has 158 valence electrons. The van der Waals surface area contributed by atoms with Crippen molar-refractivity contribution in [3.8, 4) is 0 Å². The van der Waals surface area contributed by atoms with Gasteiger partial charge >= 0.3 is 0 Å². The van der Waals surface area contributed by atoms with Crippen molar-refractivity contribution in [3.63, 3.8) is 0 Å². The minimum absolute atomic E-state index is 0.0918. The third kappa shape index (κ3) is 3.74. The second kappa shape index (κ2) is 8.22. The lowest BCUT2D eigenvalue weighted by Gasteiger charge is -2.37. The number of aromatic nitrogens is 2. The summed E-state index contributed by atoms with van der Waals surface area (Å²) < 4.78 is 0. The summed E-state index contributed by atoms with van der Waals surface area (Å²) in [7, 11) is 2.17. The molecule has 2 aromatic rings. The number of fused-ring (bicyclic) bond motifs is 1. The zero-order valence-electron chi connectivity index (χ0n) is 17.8. The average Bonchev–Trinajstić information content (AvgIpc) is 3.34. The highest BCUT2D eigenvalue weighted by Crippen LogP contribution is 2.31. The van der Waals surface area contributed by atoms with Crippen LogP contribution < -0.4 is 9.80 Å². The highest BCUT2D eigenvalue weighted by Gasteiger charge is 2.30. The molecule has 1 aromatic heterocycles. The largest absolute Gasteiger partial charge is 0.354 e. The normalized spacial score (nSPS) is 19.8. The van der Waals surface area contributed by atoms with Crippen LogP contribution in [0.25, 0.3) is 0 Å². The first-order chi connectivity index (χ1) is 14.7. The predicted octanol–water partition coefficient (Wildman–Crippen LogP) is 2.03. The van der Waals surface area contributed by atoms with Crippen LogP contribution in [0.15, 0.2) is 30.3 Å². The monoisotopic (exact) mass is 406 g/mol. The molecule has 5 rings (SSSR count). The van der Waals surface area contributed by atoms with Crippen molar-refractivity contribution in [1.29, 1.82) is 0 Å². The second-order valence-electron chi connectivity index (χ2n) is 8.60. The van der Waals surface area contributed by atoms with Gasteiger partial charge in [-0.3, -0.25) is 4.79 Å². The first-order valence-electron chi connectivity index (χ1n) is 11.1. The standard InChI is InChI=1S/C23H30N6O/c1-26-13-15-27(16-14-26)21-19-17-29(22(30)18-7-3-2-4-8-18)12-9-20(19)24-23(25-21)28-10-5-6-11-28/h2-4,7-8H,5-6,9-17H2,1H3. The topological polar surface area (TPSA) is 55.8 Å². The molecule has 0 aliphatic carbocycles. The lowest BCUT2D eigenvalue weighted by atomic mass is 10.0. The minimum atomic E-state index is 0.0918. The molecule has 3 aliphatic rings. The Morgan fingerprint density at radius 2 is 1.60 bits per heavy atom. The fourth-order valence-electron chi connectivity index (χ4n) is 4.66. The number of rotatable bonds is 3. The average molecular weight is 407 g/mol. The number of piperazine rings is 1. The van der Waals surface area contributed by atoms with Gasteiger partial charge in [-0.15, -0.1) is 0 Å². The molecule has 1 aromatic carbocycles. The Morgan fingerprint density at radius 3 is 2.33 bits per heavy atom. The molecule has 0 spiro atoms. The fraction of sp³-hybridized carbons (Fsp3) is 0.522. The number of nitrogens with zero attached hydrogens (tertiary/aromatic N) is 6. The van der Waals surface area contributed by atoms with E-state index >= 15 is 0 Å². The van der Waals surface area contributed by atoms with Crippen molar-refractivity contribution >= 4 is 17.7 Å². The Bertz CT molecular complexity index is 903. The summed E-state index contributed by atoms with van der Waals surface area (Å²) >= 11 is 0. The summed E-state index contributed by atoms with van der Waals surface area (Å²) in [5, 5.41) is 0. The molecule has 0 bridgehead atoms. The maximum absolute atomic E-state index is 13.1. The molecule has 3 aliphatic heterocycles. The van der Waals surface area contributed by atoms with Crippen LogP contribution in [-0.4, -0.2) is 78.5 Å². The molecule has 0 radical (unpaired) electrons. The van der Waals surface area contributed by atoms with Crippen molar-refractivity contribution in [3.05, 3.63) is 47.2 Å². The molecule has 2 saturated heterocycles. The number of hydrogen-bond acceptors (Lipinski definition) is 6. The summed E-state index contributed by atoms with van der Waals surface area (Å²) in [5.41, 5.74) is 3.01. The Balaban J connectivity index is 1.47. The van der Waals surface area contributed by atoms with Crippen molar-refractivity contribution in [2.24, 2.45) is 0 Å². The molecule has 30 heavy (non-hydrogen) atoms. The minimum Gasteiger partial charge on any atom is -0.354 e. The number of carbonyl (C=O) groups is 1. The zero-order chi connectivity index (χ0) is 20.5. The van der Waals surface area contributed by atoms with Crippen LogP contribution in [0.5, 0.6) is 0 Å². The van der Waals surface area contributed by atoms with Gasteiger partial charge in [-0.2, -0.15) is 4.98 Å². The molecular formula is C23H30N6O. The van der Waals surface area contributed by atoms with Gasteiger partial charge in [0.15, 0.2) is 0 Å². The Morgan fingerprint density at radius 1 is 0.867 bits per heavy atom. The number of carbonyl (C=O) groups excluding carboxylic acids is 1. The van der Waals surface area contributed by atoms with E-state index in [0.29, 0.717) is 13.1 Å². The Hall–Kier alpha value is -2.67. The first-order valence-corrected chi connectivity index (χ1v) is 11.1. The van der Waals surface area contributed by atoms with Crippen LogP contribution in [0.4, 0.5) is 11.8 Å². The van der Waals surface area contributed by atoms with E-state index in [2.05, 4.69) is 21.7 Å². The van der Waals surface area contributed by atoms with Crippen LogP contribution in [0, 0.1) is 0 Å². The SMILES string of the molecule is CN1CCN(c2nc(N3CCCC3)nc3c2CN(C(=O)c2ccccc2)CC3)CC1. The lowest BCUT2D eigenvalue weighted by Crippen LogP contribution is -2.46. The van der Waals surface area contributed by atoms with Crippen molar-refractivity contribution < 1.29 is 4.79 Å². The summed E-state index contributed by atoms with van der Waals surface area (Å²) in [5.74, 6) is 2.01. The van der Waals surface area contributed by atoms with Crippen LogP contribution in [-0.2, 0) is 13.0 Å². The van der Waals surface area contributed by atoms with Gasteiger partial charge in [0.05, 0.1) is 12.2 Å². The molecule has 7 nitrogen and oxygen atoms in total. The summed E-state index contributed by atoms with van der Waals surface area (Å²) in [4.78, 5) is 32.1. The highest BCUT2D eigenvalue weighted by molar-refractivity contribution is 5.94. The molecule has 7 heteroatoms. The number of amides is 1. The maximum atomic E-state index is 13.1. The molecule has 0 unspecified atom stereocenters. The summed E-state index contributed by atoms with van der Waals surface area (Å²) in [6.45, 7) is 7.37. The van der Waals surface area contributed by atoms with E-state index in [1.807, 2.05) is 35.2 Å². The first kappa shape index (κ1) is 19.3. The molecule has 2 fully saturated rings. The molecule has 0 saturated carbocycles. The number of benzene rings is 1. The van der Waals surface area contributed by atoms with E-state index in [1.165, 1.54) is 12.8 Å². The molecule has 4 heterocycles. The van der Waals surface area contributed by atoms with Crippen molar-refractivity contribution in [2.75, 3.05) is 62.7 Å². The van der Waals surface area contributed by atoms with Gasteiger partial charge in [0.1, 0.15) is 5.82 Å². The smallest absolute Gasteiger partial charge is 0.254 e. The van der Waals surface area contributed by atoms with E-state index in [9.17, 15) is 4.79 Å². The summed E-state index contributed by atoms with van der Waals surface area (Å²) in [6, 6.07) is 9.58. The van der Waals surface area contributed by atoms with Crippen LogP contribution in [0.3, 0.4) is 0 Å². The second-order valence-corrected chi connectivity index (χ2v) is 8.60. The van der Waals surface area contributed by atoms with Gasteiger partial charge in [-0.1, -0.05) is 18.2 Å². The van der Waals surface area contributed by atoms with Gasteiger partial charge in [0.25, 0.3) is 5.91 Å². The van der Waals surface area contributed by atoms with Gasteiger partial charge < -0.3 is 19.6 Å². The van der Waals surface area contributed by atoms with Crippen LogP contribution in [0.2, 0.25) is 0 Å². The van der Waals surface area contributed by atoms with E-state index in [0.717, 1.165) is 74.3 Å². The van der Waals surface area contributed by atoms with Crippen LogP contribution in [0.1, 0.15) is 34.5 Å². The molecular weight excluding hydrogens is 376 g/mol. The predicted molar refractivity (Wildman–Crippen MR) is 118 cm³/mol. The van der Waals surface area contributed by atoms with Crippen molar-refractivity contribution in [2.45, 2.75) is 25.8 Å². The third-order valence-corrected chi connectivity index (χ3v) is 6.53. The lowest BCUT2D eigenvalue weighted by molar-refractivity contribution is 0.0733. The van der Waals surface area contributed by atoms with E-state index in [4.69, 9.17) is 9.97 Å². The number of anilines is 2. The molecule has 1 amide bonds. The van der Waals surface area contributed by atoms with Crippen LogP contribution >= 0.6 is 0 Å². The van der Waals surface area contributed by atoms with Gasteiger partial charge in [0.2, 0.25) is 5.95 Å². The Kier molecular flexibility index (Phi) is 5.29. The molecule has 0 atom stereocenters. The third-order valence-electron chi connectivity index (χ3n) is 6.53. The zero-order valence-corrected chi connectivity index (χ0v) is 17.8. The van der Waals surface area contributed by atoms with Crippen molar-refractivity contribution in [1.82, 2.24) is 19.8 Å². The van der Waals surface area contributed by atoms with E-state index in [1.54, 1.807) is 0 Å². The van der Waals surface area contributed by atoms with E-state index < -0.39 is 0 Å². The quantitative estimate of drug-likeness (QED) is 0.778. The Labute approximate surface area is 178 Å².